The molecule has 30 heavy (non-hydrogen) atoms. The van der Waals surface area contributed by atoms with Gasteiger partial charge in [-0.15, -0.1) is 0 Å². The zero-order valence-electron chi connectivity index (χ0n) is 18.3. The average molecular weight is 411 g/mol. The van der Waals surface area contributed by atoms with E-state index >= 15 is 0 Å². The first-order valence-electron chi connectivity index (χ1n) is 10.0. The summed E-state index contributed by atoms with van der Waals surface area (Å²) in [6.45, 7) is 5.56. The van der Waals surface area contributed by atoms with Crippen LogP contribution in [0.5, 0.6) is 17.2 Å². The second-order valence-electron chi connectivity index (χ2n) is 6.86. The Morgan fingerprint density at radius 2 is 1.80 bits per heavy atom. The molecule has 0 saturated carbocycles. The molecular formula is C23H30N4O3. The minimum Gasteiger partial charge on any atom is -0.493 e. The lowest BCUT2D eigenvalue weighted by Gasteiger charge is -2.16. The Morgan fingerprint density at radius 3 is 2.43 bits per heavy atom. The molecule has 0 aliphatic carbocycles. The maximum Gasteiger partial charge on any atom is 0.203 e. The van der Waals surface area contributed by atoms with E-state index in [9.17, 15) is 0 Å². The van der Waals surface area contributed by atoms with Gasteiger partial charge in [-0.2, -0.15) is 0 Å². The second-order valence-corrected chi connectivity index (χ2v) is 6.86. The van der Waals surface area contributed by atoms with Gasteiger partial charge in [0, 0.05) is 48.0 Å². The van der Waals surface area contributed by atoms with Crippen molar-refractivity contribution in [2.75, 3.05) is 39.7 Å². The summed E-state index contributed by atoms with van der Waals surface area (Å²) >= 11 is 0. The van der Waals surface area contributed by atoms with Gasteiger partial charge in [0.1, 0.15) is 0 Å². The molecule has 1 heterocycles. The van der Waals surface area contributed by atoms with Gasteiger partial charge in [0.25, 0.3) is 0 Å². The Bertz CT molecular complexity index is 1000. The summed E-state index contributed by atoms with van der Waals surface area (Å²) in [6, 6.07) is 10.1. The third-order valence-corrected chi connectivity index (χ3v) is 4.93. The normalized spacial score (nSPS) is 11.4. The number of rotatable bonds is 8. The van der Waals surface area contributed by atoms with Crippen molar-refractivity contribution < 1.29 is 14.2 Å². The number of methoxy groups -OCH3 is 3. The zero-order chi connectivity index (χ0) is 21.5. The molecule has 0 radical (unpaired) electrons. The van der Waals surface area contributed by atoms with E-state index in [1.54, 1.807) is 21.3 Å². The van der Waals surface area contributed by atoms with Crippen LogP contribution >= 0.6 is 0 Å². The van der Waals surface area contributed by atoms with Gasteiger partial charge >= 0.3 is 0 Å². The van der Waals surface area contributed by atoms with Crippen molar-refractivity contribution in [1.29, 1.82) is 0 Å². The summed E-state index contributed by atoms with van der Waals surface area (Å²) in [5.74, 6) is 2.43. The quantitative estimate of drug-likeness (QED) is 0.384. The number of nitrogens with zero attached hydrogens (tertiary/aromatic N) is 1. The smallest absolute Gasteiger partial charge is 0.203 e. The Balaban J connectivity index is 1.77. The van der Waals surface area contributed by atoms with Crippen LogP contribution in [0.2, 0.25) is 0 Å². The molecular weight excluding hydrogens is 380 g/mol. The number of para-hydroxylation sites is 1. The predicted octanol–water partition coefficient (Wildman–Crippen LogP) is 4.12. The molecule has 3 rings (SSSR count). The fraction of sp³-hybridized carbons (Fsp3) is 0.348. The Kier molecular flexibility index (Phi) is 7.06. The Morgan fingerprint density at radius 1 is 1.07 bits per heavy atom. The van der Waals surface area contributed by atoms with Gasteiger partial charge in [0.2, 0.25) is 5.75 Å². The van der Waals surface area contributed by atoms with E-state index in [1.807, 2.05) is 19.1 Å². The summed E-state index contributed by atoms with van der Waals surface area (Å²) in [6.07, 6.45) is 2.92. The van der Waals surface area contributed by atoms with Crippen LogP contribution in [0, 0.1) is 6.92 Å². The standard InChI is InChI=1S/C23H30N4O3/c1-6-24-23(27-17-12-19(28-3)22(30-5)20(13-17)29-4)25-11-10-16-14-26-21-15(2)8-7-9-18(16)21/h7-9,12-14,26H,6,10-11H2,1-5H3,(H2,24,25,27). The number of guanidine groups is 1. The van der Waals surface area contributed by atoms with Gasteiger partial charge in [0.05, 0.1) is 21.3 Å². The zero-order valence-corrected chi connectivity index (χ0v) is 18.3. The molecule has 0 aliphatic heterocycles. The number of aromatic nitrogens is 1. The highest BCUT2D eigenvalue weighted by molar-refractivity contribution is 5.94. The number of ether oxygens (including phenoxy) is 3. The SMILES string of the molecule is CCNC(=NCCc1c[nH]c2c(C)cccc12)Nc1cc(OC)c(OC)c(OC)c1. The number of benzene rings is 2. The highest BCUT2D eigenvalue weighted by atomic mass is 16.5. The molecule has 1 aromatic heterocycles. The topological polar surface area (TPSA) is 79.9 Å². The van der Waals surface area contributed by atoms with Gasteiger partial charge in [0.15, 0.2) is 17.5 Å². The first-order valence-corrected chi connectivity index (χ1v) is 10.0. The molecule has 0 spiro atoms. The number of nitrogens with one attached hydrogen (secondary N) is 3. The van der Waals surface area contributed by atoms with Gasteiger partial charge in [-0.05, 0) is 31.4 Å². The number of aromatic amines is 1. The molecule has 7 heteroatoms. The third-order valence-electron chi connectivity index (χ3n) is 4.93. The second kappa shape index (κ2) is 9.91. The van der Waals surface area contributed by atoms with Crippen molar-refractivity contribution in [3.05, 3.63) is 47.7 Å². The van der Waals surface area contributed by atoms with Crippen molar-refractivity contribution in [3.63, 3.8) is 0 Å². The average Bonchev–Trinajstić information content (AvgIpc) is 3.17. The summed E-state index contributed by atoms with van der Waals surface area (Å²) < 4.78 is 16.3. The highest BCUT2D eigenvalue weighted by Crippen LogP contribution is 2.39. The molecule has 0 aliphatic rings. The van der Waals surface area contributed by atoms with E-state index < -0.39 is 0 Å². The van der Waals surface area contributed by atoms with Gasteiger partial charge < -0.3 is 29.8 Å². The summed E-state index contributed by atoms with van der Waals surface area (Å²) in [5.41, 5.74) is 4.51. The molecule has 3 N–H and O–H groups in total. The summed E-state index contributed by atoms with van der Waals surface area (Å²) in [4.78, 5) is 8.11. The monoisotopic (exact) mass is 410 g/mol. The number of aryl methyl sites for hydroxylation is 1. The van der Waals surface area contributed by atoms with Crippen molar-refractivity contribution >= 4 is 22.5 Å². The number of anilines is 1. The van der Waals surface area contributed by atoms with Gasteiger partial charge in [-0.25, -0.2) is 0 Å². The summed E-state index contributed by atoms with van der Waals surface area (Å²) in [5, 5.41) is 7.86. The molecule has 7 nitrogen and oxygen atoms in total. The van der Waals surface area contributed by atoms with Crippen LogP contribution in [0.15, 0.2) is 41.5 Å². The van der Waals surface area contributed by atoms with E-state index in [-0.39, 0.29) is 0 Å². The van der Waals surface area contributed by atoms with Gasteiger partial charge in [-0.3, -0.25) is 4.99 Å². The largest absolute Gasteiger partial charge is 0.493 e. The molecule has 0 fully saturated rings. The van der Waals surface area contributed by atoms with E-state index in [4.69, 9.17) is 19.2 Å². The van der Waals surface area contributed by atoms with E-state index in [1.165, 1.54) is 22.0 Å². The molecule has 0 amide bonds. The van der Waals surface area contributed by atoms with E-state index in [2.05, 4.69) is 46.9 Å². The van der Waals surface area contributed by atoms with Crippen LogP contribution in [-0.4, -0.2) is 45.4 Å². The number of aliphatic imine (C=N–C) groups is 1. The molecule has 0 unspecified atom stereocenters. The predicted molar refractivity (Wildman–Crippen MR) is 122 cm³/mol. The van der Waals surface area contributed by atoms with Crippen LogP contribution < -0.4 is 24.8 Å². The maximum absolute atomic E-state index is 5.43. The van der Waals surface area contributed by atoms with Crippen LogP contribution in [-0.2, 0) is 6.42 Å². The van der Waals surface area contributed by atoms with Crippen molar-refractivity contribution in [3.8, 4) is 17.2 Å². The van der Waals surface area contributed by atoms with Gasteiger partial charge in [-0.1, -0.05) is 18.2 Å². The minimum atomic E-state index is 0.558. The van der Waals surface area contributed by atoms with Crippen LogP contribution in [0.25, 0.3) is 10.9 Å². The third kappa shape index (κ3) is 4.62. The maximum atomic E-state index is 5.43. The van der Waals surface area contributed by atoms with E-state index in [0.717, 1.165) is 18.7 Å². The molecule has 2 aromatic carbocycles. The molecule has 0 bridgehead atoms. The van der Waals surface area contributed by atoms with Crippen LogP contribution in [0.4, 0.5) is 5.69 Å². The summed E-state index contributed by atoms with van der Waals surface area (Å²) in [7, 11) is 4.79. The fourth-order valence-electron chi connectivity index (χ4n) is 3.46. The number of H-pyrrole nitrogens is 1. The van der Waals surface area contributed by atoms with Crippen LogP contribution in [0.3, 0.4) is 0 Å². The lowest BCUT2D eigenvalue weighted by molar-refractivity contribution is 0.324. The number of fused-ring (bicyclic) bond motifs is 1. The Labute approximate surface area is 177 Å². The lowest BCUT2D eigenvalue weighted by atomic mass is 10.1. The van der Waals surface area contributed by atoms with Crippen molar-refractivity contribution in [1.82, 2.24) is 10.3 Å². The fourth-order valence-corrected chi connectivity index (χ4v) is 3.46. The first-order chi connectivity index (χ1) is 14.6. The Hall–Kier alpha value is -3.35. The molecule has 160 valence electrons. The molecule has 3 aromatic rings. The molecule has 0 saturated heterocycles. The number of hydrogen-bond donors (Lipinski definition) is 3. The number of hydrogen-bond acceptors (Lipinski definition) is 4. The molecule has 0 atom stereocenters. The minimum absolute atomic E-state index is 0.558. The highest BCUT2D eigenvalue weighted by Gasteiger charge is 2.14. The van der Waals surface area contributed by atoms with Crippen molar-refractivity contribution in [2.45, 2.75) is 20.3 Å². The van der Waals surface area contributed by atoms with Crippen molar-refractivity contribution in [2.24, 2.45) is 4.99 Å². The first kappa shape index (κ1) is 21.4. The van der Waals surface area contributed by atoms with E-state index in [0.29, 0.717) is 29.8 Å². The van der Waals surface area contributed by atoms with Crippen LogP contribution in [0.1, 0.15) is 18.1 Å². The lowest BCUT2D eigenvalue weighted by Crippen LogP contribution is -2.31.